The standard InChI is InChI=1S/C47H51FN8O6S/c1-7-28-11-13-38(63-28)44-55-32-12-10-24(30-21-50-42(51-30)36-19-27-17-34(27)56(36)46(60)62-47(4,5)6)15-26(32)18-35(55)39-29(48)16-25(20-37(39)61-44)31-22-49-41(52-31)33-9-8-14-54(33)43(57)40(23(2)3)53-45(58)59/h10-13,15-16,18,20-23,27,33-34,36,40,44,53H,7-9,14,17,19H2,1-6H3,(H,49,52)(H,50,51)(H,58,59). The number of aromatic amines is 2. The van der Waals surface area contributed by atoms with Crippen molar-refractivity contribution in [2.75, 3.05) is 6.54 Å². The van der Waals surface area contributed by atoms with Gasteiger partial charge < -0.3 is 34.8 Å². The second kappa shape index (κ2) is 15.3. The molecule has 14 nitrogen and oxygen atoms in total. The molecule has 4 N–H and O–H groups in total. The van der Waals surface area contributed by atoms with Crippen molar-refractivity contribution in [2.45, 2.75) is 110 Å². The third-order valence-electron chi connectivity index (χ3n) is 12.8. The number of benzene rings is 2. The minimum absolute atomic E-state index is 0.180. The molecule has 7 heterocycles. The van der Waals surface area contributed by atoms with Gasteiger partial charge in [-0.2, -0.15) is 0 Å². The SMILES string of the molecule is CCc1ccc(C2Oc3cc(-c4cnc(C5CCCN5C(=O)C(NC(=O)O)C(C)C)[nH]4)cc(F)c3-c3cc4cc(-c5cnc(C6CC7CC7N6C(=O)OC(C)(C)C)[nH]5)ccc4n32)s1. The predicted octanol–water partition coefficient (Wildman–Crippen LogP) is 9.82. The lowest BCUT2D eigenvalue weighted by Gasteiger charge is -2.30. The van der Waals surface area contributed by atoms with Crippen LogP contribution in [0.15, 0.2) is 60.9 Å². The molecule has 6 aromatic rings. The lowest BCUT2D eigenvalue weighted by atomic mass is 10.0. The van der Waals surface area contributed by atoms with Crippen LogP contribution in [0.4, 0.5) is 14.0 Å². The number of aromatic nitrogens is 5. The number of H-pyrrole nitrogens is 2. The number of hydrogen-bond donors (Lipinski definition) is 4. The number of likely N-dealkylation sites (tertiary alicyclic amines) is 2. The van der Waals surface area contributed by atoms with Crippen molar-refractivity contribution in [1.29, 1.82) is 0 Å². The fourth-order valence-corrected chi connectivity index (χ4v) is 10.7. The zero-order valence-electron chi connectivity index (χ0n) is 36.1. The number of carbonyl (C=O) groups excluding carboxylic acids is 2. The summed E-state index contributed by atoms with van der Waals surface area (Å²) in [6, 6.07) is 14.4. The summed E-state index contributed by atoms with van der Waals surface area (Å²) in [6.07, 6.45) is 5.43. The highest BCUT2D eigenvalue weighted by Crippen LogP contribution is 2.54. The Morgan fingerprint density at radius 1 is 1.00 bits per heavy atom. The predicted molar refractivity (Wildman–Crippen MR) is 236 cm³/mol. The highest BCUT2D eigenvalue weighted by Gasteiger charge is 2.56. The highest BCUT2D eigenvalue weighted by molar-refractivity contribution is 7.12. The normalized spacial score (nSPS) is 21.9. The summed E-state index contributed by atoms with van der Waals surface area (Å²) < 4.78 is 31.5. The maximum Gasteiger partial charge on any atom is 0.411 e. The molecule has 1 saturated carbocycles. The van der Waals surface area contributed by atoms with Gasteiger partial charge in [0, 0.05) is 34.0 Å². The van der Waals surface area contributed by atoms with E-state index in [0.29, 0.717) is 53.0 Å². The average molecular weight is 875 g/mol. The first kappa shape index (κ1) is 40.9. The number of fused-ring (bicyclic) bond motifs is 6. The Labute approximate surface area is 367 Å². The van der Waals surface area contributed by atoms with Gasteiger partial charge in [-0.15, -0.1) is 11.3 Å². The summed E-state index contributed by atoms with van der Waals surface area (Å²) in [4.78, 5) is 60.5. The molecular weight excluding hydrogens is 824 g/mol. The smallest absolute Gasteiger partial charge is 0.411 e. The summed E-state index contributed by atoms with van der Waals surface area (Å²) in [6.45, 7) is 11.9. The van der Waals surface area contributed by atoms with Gasteiger partial charge in [0.2, 0.25) is 12.1 Å². The molecule has 63 heavy (non-hydrogen) atoms. The van der Waals surface area contributed by atoms with E-state index in [1.165, 1.54) is 10.9 Å². The van der Waals surface area contributed by atoms with Crippen LogP contribution in [0.25, 0.3) is 44.7 Å². The number of piperidine rings is 1. The highest BCUT2D eigenvalue weighted by atomic mass is 32.1. The van der Waals surface area contributed by atoms with Gasteiger partial charge in [-0.3, -0.25) is 14.3 Å². The number of rotatable bonds is 9. The van der Waals surface area contributed by atoms with Crippen molar-refractivity contribution in [3.63, 3.8) is 0 Å². The van der Waals surface area contributed by atoms with E-state index in [1.54, 1.807) is 22.4 Å². The van der Waals surface area contributed by atoms with Gasteiger partial charge in [-0.25, -0.2) is 23.9 Å². The van der Waals surface area contributed by atoms with Gasteiger partial charge in [0.25, 0.3) is 0 Å². The van der Waals surface area contributed by atoms with Crippen LogP contribution in [0.5, 0.6) is 5.75 Å². The zero-order chi connectivity index (χ0) is 44.1. The molecule has 4 aromatic heterocycles. The molecule has 6 unspecified atom stereocenters. The molecule has 328 valence electrons. The first-order chi connectivity index (χ1) is 30.1. The van der Waals surface area contributed by atoms with E-state index in [0.717, 1.165) is 58.5 Å². The van der Waals surface area contributed by atoms with Crippen LogP contribution >= 0.6 is 11.3 Å². The largest absolute Gasteiger partial charge is 0.465 e. The van der Waals surface area contributed by atoms with Crippen LogP contribution < -0.4 is 10.1 Å². The van der Waals surface area contributed by atoms with Gasteiger partial charge in [-0.05, 0) is 107 Å². The Balaban J connectivity index is 0.977. The Morgan fingerprint density at radius 3 is 2.44 bits per heavy atom. The molecule has 10 rings (SSSR count). The second-order valence-electron chi connectivity index (χ2n) is 18.6. The molecule has 0 bridgehead atoms. The maximum atomic E-state index is 16.8. The van der Waals surface area contributed by atoms with Crippen molar-refractivity contribution in [3.8, 4) is 39.5 Å². The number of ether oxygens (including phenoxy) is 2. The Bertz CT molecular complexity index is 2780. The van der Waals surface area contributed by atoms with Gasteiger partial charge >= 0.3 is 12.2 Å². The molecule has 3 aliphatic heterocycles. The zero-order valence-corrected chi connectivity index (χ0v) is 36.9. The molecule has 0 radical (unpaired) electrons. The first-order valence-corrected chi connectivity index (χ1v) is 22.6. The third kappa shape index (κ3) is 7.31. The Morgan fingerprint density at radius 2 is 1.75 bits per heavy atom. The Hall–Kier alpha value is -6.16. The molecule has 2 aromatic carbocycles. The number of amides is 3. The molecule has 3 fully saturated rings. The summed E-state index contributed by atoms with van der Waals surface area (Å²) >= 11 is 1.67. The summed E-state index contributed by atoms with van der Waals surface area (Å²) in [5.41, 5.74) is 4.16. The molecule has 1 aliphatic carbocycles. The number of thiophene rings is 1. The number of halogens is 1. The number of nitrogens with zero attached hydrogens (tertiary/aromatic N) is 5. The quantitative estimate of drug-likeness (QED) is 0.111. The van der Waals surface area contributed by atoms with Crippen LogP contribution in [-0.4, -0.2) is 81.7 Å². The third-order valence-corrected chi connectivity index (χ3v) is 14.1. The number of nitrogens with one attached hydrogen (secondary N) is 3. The van der Waals surface area contributed by atoms with Crippen LogP contribution in [0.3, 0.4) is 0 Å². The van der Waals surface area contributed by atoms with E-state index >= 15 is 4.39 Å². The fourth-order valence-electron chi connectivity index (χ4n) is 9.73. The molecule has 2 saturated heterocycles. The van der Waals surface area contributed by atoms with E-state index in [2.05, 4.69) is 50.0 Å². The lowest BCUT2D eigenvalue weighted by molar-refractivity contribution is -0.135. The lowest BCUT2D eigenvalue weighted by Crippen LogP contribution is -2.50. The van der Waals surface area contributed by atoms with Crippen molar-refractivity contribution >= 4 is 40.3 Å². The number of carboxylic acid groups (broad SMARTS) is 1. The topological polar surface area (TPSA) is 171 Å². The van der Waals surface area contributed by atoms with Gasteiger partial charge in [0.05, 0.1) is 57.5 Å². The monoisotopic (exact) mass is 874 g/mol. The van der Waals surface area contributed by atoms with Crippen LogP contribution in [-0.2, 0) is 16.0 Å². The van der Waals surface area contributed by atoms with E-state index in [-0.39, 0.29) is 36.0 Å². The minimum Gasteiger partial charge on any atom is -0.465 e. The Kier molecular flexibility index (Phi) is 9.92. The van der Waals surface area contributed by atoms with E-state index in [1.807, 2.05) is 70.0 Å². The maximum absolute atomic E-state index is 16.8. The number of imidazole rings is 2. The van der Waals surface area contributed by atoms with Crippen LogP contribution in [0, 0.1) is 17.7 Å². The van der Waals surface area contributed by atoms with Gasteiger partial charge in [0.1, 0.15) is 34.9 Å². The fraction of sp³-hybridized carbons (Fsp3) is 0.426. The number of aryl methyl sites for hydroxylation is 1. The van der Waals surface area contributed by atoms with Crippen molar-refractivity contribution < 1.29 is 33.4 Å². The average Bonchev–Trinajstić information content (AvgIpc) is 3.98. The molecule has 4 aliphatic rings. The number of hydrogen-bond acceptors (Lipinski definition) is 8. The van der Waals surface area contributed by atoms with Crippen molar-refractivity contribution in [3.05, 3.63) is 88.1 Å². The summed E-state index contributed by atoms with van der Waals surface area (Å²) in [7, 11) is 0. The van der Waals surface area contributed by atoms with Crippen molar-refractivity contribution in [1.82, 2.24) is 39.6 Å². The van der Waals surface area contributed by atoms with Gasteiger partial charge in [-0.1, -0.05) is 26.8 Å². The molecular formula is C47H51FN8O6S. The summed E-state index contributed by atoms with van der Waals surface area (Å²) in [5, 5.41) is 12.7. The van der Waals surface area contributed by atoms with E-state index in [4.69, 9.17) is 14.5 Å². The first-order valence-electron chi connectivity index (χ1n) is 21.8. The second-order valence-corrected chi connectivity index (χ2v) is 19.8. The van der Waals surface area contributed by atoms with Crippen molar-refractivity contribution in [2.24, 2.45) is 11.8 Å². The van der Waals surface area contributed by atoms with E-state index < -0.39 is 29.8 Å². The molecule has 6 atom stereocenters. The molecule has 3 amide bonds. The number of carbonyl (C=O) groups is 3. The van der Waals surface area contributed by atoms with Crippen LogP contribution in [0.2, 0.25) is 0 Å². The van der Waals surface area contributed by atoms with Crippen LogP contribution in [0.1, 0.15) is 107 Å². The minimum atomic E-state index is -1.25. The molecule has 0 spiro atoms. The van der Waals surface area contributed by atoms with E-state index in [9.17, 15) is 19.5 Å². The van der Waals surface area contributed by atoms with Gasteiger partial charge in [0.15, 0.2) is 0 Å². The molecule has 16 heteroatoms. The summed E-state index contributed by atoms with van der Waals surface area (Å²) in [5.74, 6) is 1.14.